The van der Waals surface area contributed by atoms with Crippen LogP contribution < -0.4 is 0 Å². The summed E-state index contributed by atoms with van der Waals surface area (Å²) in [5.74, 6) is -1.00. The predicted octanol–water partition coefficient (Wildman–Crippen LogP) is 3.43. The van der Waals surface area contributed by atoms with E-state index in [-0.39, 0.29) is 0 Å². The molecule has 0 fully saturated rings. The first kappa shape index (κ1) is 17.9. The van der Waals surface area contributed by atoms with Gasteiger partial charge in [0.25, 0.3) is 8.32 Å². The Balaban J connectivity index is 5.09. The molecule has 0 N–H and O–H groups in total. The SMILES string of the molecule is COC(=O)/C=C/C(=O)O[Si](C(C)C)(C(C)C)C(C)C. The average Bonchev–Trinajstić information content (AvgIpc) is 2.31. The maximum Gasteiger partial charge on any atom is 0.330 e. The lowest BCUT2D eigenvalue weighted by Gasteiger charge is -2.40. The number of hydrogen-bond donors (Lipinski definition) is 0. The van der Waals surface area contributed by atoms with Gasteiger partial charge in [0, 0.05) is 12.2 Å². The fourth-order valence-electron chi connectivity index (χ4n) is 2.77. The van der Waals surface area contributed by atoms with Crippen LogP contribution in [0, 0.1) is 0 Å². The maximum absolute atomic E-state index is 11.9. The quantitative estimate of drug-likeness (QED) is 0.426. The summed E-state index contributed by atoms with van der Waals surface area (Å²) in [4.78, 5) is 22.9. The van der Waals surface area contributed by atoms with Gasteiger partial charge in [-0.25, -0.2) is 9.59 Å². The highest BCUT2D eigenvalue weighted by Crippen LogP contribution is 2.42. The van der Waals surface area contributed by atoms with Crippen LogP contribution >= 0.6 is 0 Å². The average molecular weight is 286 g/mol. The number of carbonyl (C=O) groups is 2. The van der Waals surface area contributed by atoms with Crippen LogP contribution in [0.3, 0.4) is 0 Å². The normalized spacial score (nSPS) is 12.5. The summed E-state index contributed by atoms with van der Waals surface area (Å²) in [6, 6.07) is 0. The van der Waals surface area contributed by atoms with Crippen molar-refractivity contribution in [1.29, 1.82) is 0 Å². The number of esters is 1. The molecule has 0 aromatic carbocycles. The lowest BCUT2D eigenvalue weighted by atomic mass is 10.5. The van der Waals surface area contributed by atoms with Crippen molar-refractivity contribution in [3.63, 3.8) is 0 Å². The van der Waals surface area contributed by atoms with E-state index in [1.165, 1.54) is 7.11 Å². The zero-order valence-corrected chi connectivity index (χ0v) is 14.0. The lowest BCUT2D eigenvalue weighted by molar-refractivity contribution is -0.136. The van der Waals surface area contributed by atoms with E-state index >= 15 is 0 Å². The van der Waals surface area contributed by atoms with Gasteiger partial charge in [-0.15, -0.1) is 0 Å². The van der Waals surface area contributed by atoms with Gasteiger partial charge in [-0.1, -0.05) is 41.5 Å². The Morgan fingerprint density at radius 1 is 0.842 bits per heavy atom. The van der Waals surface area contributed by atoms with Crippen molar-refractivity contribution in [2.24, 2.45) is 0 Å². The predicted molar refractivity (Wildman–Crippen MR) is 78.3 cm³/mol. The molecule has 0 aliphatic carbocycles. The fourth-order valence-corrected chi connectivity index (χ4v) is 7.89. The van der Waals surface area contributed by atoms with Crippen molar-refractivity contribution in [2.75, 3.05) is 7.11 Å². The molecule has 0 aliphatic rings. The minimum absolute atomic E-state index is 0.322. The van der Waals surface area contributed by atoms with Crippen LogP contribution in [0.2, 0.25) is 16.6 Å². The summed E-state index contributed by atoms with van der Waals surface area (Å²) in [5, 5.41) is 0. The van der Waals surface area contributed by atoms with Crippen LogP contribution in [0.4, 0.5) is 0 Å². The van der Waals surface area contributed by atoms with Crippen LogP contribution in [0.1, 0.15) is 41.5 Å². The molecule has 19 heavy (non-hydrogen) atoms. The lowest BCUT2D eigenvalue weighted by Crippen LogP contribution is -2.49. The number of hydrogen-bond acceptors (Lipinski definition) is 4. The molecule has 0 aliphatic heterocycles. The van der Waals surface area contributed by atoms with E-state index in [1.54, 1.807) is 0 Å². The van der Waals surface area contributed by atoms with E-state index in [9.17, 15) is 9.59 Å². The summed E-state index contributed by atoms with van der Waals surface area (Å²) in [5.41, 5.74) is 0.967. The van der Waals surface area contributed by atoms with Crippen molar-refractivity contribution in [3.05, 3.63) is 12.2 Å². The zero-order valence-electron chi connectivity index (χ0n) is 13.0. The number of carbonyl (C=O) groups excluding carboxylic acids is 2. The fraction of sp³-hybridized carbons (Fsp3) is 0.714. The maximum atomic E-state index is 11.9. The molecule has 4 nitrogen and oxygen atoms in total. The minimum atomic E-state index is -2.23. The molecule has 0 aromatic heterocycles. The molecular formula is C14H26O4Si. The van der Waals surface area contributed by atoms with Gasteiger partial charge < -0.3 is 9.16 Å². The molecule has 110 valence electrons. The molecule has 0 aromatic rings. The van der Waals surface area contributed by atoms with Crippen molar-refractivity contribution >= 4 is 20.3 Å². The third-order valence-corrected chi connectivity index (χ3v) is 9.51. The van der Waals surface area contributed by atoms with Gasteiger partial charge in [0.2, 0.25) is 0 Å². The van der Waals surface area contributed by atoms with E-state index in [2.05, 4.69) is 46.3 Å². The Morgan fingerprint density at radius 2 is 1.21 bits per heavy atom. The van der Waals surface area contributed by atoms with Crippen LogP contribution in [-0.2, 0) is 18.8 Å². The Bertz CT molecular complexity index is 324. The molecule has 5 heteroatoms. The van der Waals surface area contributed by atoms with E-state index in [1.807, 2.05) is 0 Å². The monoisotopic (exact) mass is 286 g/mol. The summed E-state index contributed by atoms with van der Waals surface area (Å²) < 4.78 is 10.3. The Kier molecular flexibility index (Phi) is 7.04. The molecule has 0 rings (SSSR count). The zero-order chi connectivity index (χ0) is 15.2. The van der Waals surface area contributed by atoms with Crippen molar-refractivity contribution in [1.82, 2.24) is 0 Å². The molecule has 0 amide bonds. The summed E-state index contributed by atoms with van der Waals surface area (Å²) in [6.07, 6.45) is 2.25. The molecule has 0 saturated carbocycles. The van der Waals surface area contributed by atoms with Gasteiger partial charge in [-0.2, -0.15) is 0 Å². The van der Waals surface area contributed by atoms with Gasteiger partial charge in [0.1, 0.15) is 0 Å². The van der Waals surface area contributed by atoms with Gasteiger partial charge in [-0.3, -0.25) is 0 Å². The molecule has 0 atom stereocenters. The van der Waals surface area contributed by atoms with Crippen molar-refractivity contribution in [2.45, 2.75) is 58.2 Å². The molecule has 0 spiro atoms. The first-order valence-electron chi connectivity index (χ1n) is 6.67. The van der Waals surface area contributed by atoms with E-state index in [4.69, 9.17) is 4.43 Å². The van der Waals surface area contributed by atoms with E-state index in [0.29, 0.717) is 16.6 Å². The van der Waals surface area contributed by atoms with Gasteiger partial charge in [0.05, 0.1) is 7.11 Å². The number of methoxy groups -OCH3 is 1. The van der Waals surface area contributed by atoms with Crippen LogP contribution in [0.15, 0.2) is 12.2 Å². The molecule has 0 bridgehead atoms. The smallest absolute Gasteiger partial charge is 0.330 e. The molecular weight excluding hydrogens is 260 g/mol. The molecule has 0 radical (unpaired) electrons. The van der Waals surface area contributed by atoms with Crippen LogP contribution in [0.5, 0.6) is 0 Å². The summed E-state index contributed by atoms with van der Waals surface area (Å²) in [7, 11) is -0.955. The van der Waals surface area contributed by atoms with Gasteiger partial charge in [-0.05, 0) is 16.6 Å². The van der Waals surface area contributed by atoms with Crippen LogP contribution in [-0.4, -0.2) is 27.4 Å². The first-order valence-corrected chi connectivity index (χ1v) is 8.81. The standard InChI is InChI=1S/C14H26O4Si/c1-10(2)19(11(3)4,12(5)6)18-14(16)9-8-13(15)17-7/h8-12H,1-7H3/b9-8+. The summed E-state index contributed by atoms with van der Waals surface area (Å²) >= 11 is 0. The number of ether oxygens (including phenoxy) is 1. The highest BCUT2D eigenvalue weighted by atomic mass is 28.4. The highest BCUT2D eigenvalue weighted by Gasteiger charge is 2.47. The van der Waals surface area contributed by atoms with Crippen molar-refractivity contribution < 1.29 is 18.8 Å². The molecule has 0 heterocycles. The van der Waals surface area contributed by atoms with E-state index < -0.39 is 20.3 Å². The largest absolute Gasteiger partial charge is 0.515 e. The Morgan fingerprint density at radius 3 is 1.53 bits per heavy atom. The first-order chi connectivity index (χ1) is 8.68. The molecule has 0 unspecified atom stereocenters. The summed E-state index contributed by atoms with van der Waals surface area (Å²) in [6.45, 7) is 12.6. The van der Waals surface area contributed by atoms with Gasteiger partial charge >= 0.3 is 11.9 Å². The van der Waals surface area contributed by atoms with Gasteiger partial charge in [0.15, 0.2) is 0 Å². The molecule has 0 saturated heterocycles. The highest BCUT2D eigenvalue weighted by molar-refractivity contribution is 6.79. The van der Waals surface area contributed by atoms with Crippen LogP contribution in [0.25, 0.3) is 0 Å². The van der Waals surface area contributed by atoms with Crippen molar-refractivity contribution in [3.8, 4) is 0 Å². The second-order valence-electron chi connectivity index (χ2n) is 5.60. The Labute approximate surface area is 117 Å². The van der Waals surface area contributed by atoms with E-state index in [0.717, 1.165) is 12.2 Å². The minimum Gasteiger partial charge on any atom is -0.515 e. The number of rotatable bonds is 6. The third-order valence-electron chi connectivity index (χ3n) is 3.54. The topological polar surface area (TPSA) is 52.6 Å². The Hall–Kier alpha value is -1.10. The third kappa shape index (κ3) is 4.49. The second-order valence-corrected chi connectivity index (χ2v) is 11.0. The second kappa shape index (κ2) is 7.48.